The summed E-state index contributed by atoms with van der Waals surface area (Å²) in [6.45, 7) is 9.25. The molecule has 0 aliphatic heterocycles. The van der Waals surface area contributed by atoms with Crippen LogP contribution in [0.2, 0.25) is 0 Å². The van der Waals surface area contributed by atoms with Gasteiger partial charge in [-0.3, -0.25) is 4.79 Å². The smallest absolute Gasteiger partial charge is 0.420 e. The zero-order valence-electron chi connectivity index (χ0n) is 22.0. The second kappa shape index (κ2) is 7.31. The van der Waals surface area contributed by atoms with Crippen LogP contribution in [0.3, 0.4) is 0 Å². The molecule has 8 nitrogen and oxygen atoms in total. The topological polar surface area (TPSA) is 107 Å². The van der Waals surface area contributed by atoms with Crippen LogP contribution in [0.25, 0.3) is 22.2 Å². The molecule has 0 saturated heterocycles. The molecule has 0 radical (unpaired) electrons. The number of imidazole rings is 1. The minimum absolute atomic E-state index is 0.168. The van der Waals surface area contributed by atoms with Gasteiger partial charge >= 0.3 is 6.09 Å². The summed E-state index contributed by atoms with van der Waals surface area (Å²) in [7, 11) is 0. The SMILES string of the molecule is Cc1noc(C)c1-c1cc(C(O)C2C(=O)C34CC3CCC24)c2nc(C3CC3)n(C(=O)OC(C)(C)C)c2c1. The standard InChI is InChI=1S/C29H33N3O5/c1-13-21(14(2)37-31-13)16-10-18(24(33)22-19-9-8-17-12-29(17,19)25(22)34)23-20(11-16)32(26(30-23)15-6-7-15)27(35)36-28(3,4)5/h10-11,15,17,19,22,24,33H,6-9,12H2,1-5H3. The van der Waals surface area contributed by atoms with Gasteiger partial charge in [0.2, 0.25) is 0 Å². The predicted octanol–water partition coefficient (Wildman–Crippen LogP) is 5.62. The van der Waals surface area contributed by atoms with Crippen molar-refractivity contribution in [3.63, 3.8) is 0 Å². The number of nitrogens with zero attached hydrogens (tertiary/aromatic N) is 3. The molecule has 0 amide bonds. The molecule has 4 fully saturated rings. The second-order valence-corrected chi connectivity index (χ2v) is 12.7. The number of Topliss-reactive ketones (excluding diaryl/α,β-unsaturated/α-hetero) is 1. The van der Waals surface area contributed by atoms with E-state index >= 15 is 0 Å². The normalized spacial score (nSPS) is 29.1. The lowest BCUT2D eigenvalue weighted by Crippen LogP contribution is -2.51. The van der Waals surface area contributed by atoms with Crippen molar-refractivity contribution in [3.05, 3.63) is 35.0 Å². The van der Waals surface area contributed by atoms with E-state index in [2.05, 4.69) is 5.16 Å². The van der Waals surface area contributed by atoms with Gasteiger partial charge in [-0.1, -0.05) is 5.16 Å². The van der Waals surface area contributed by atoms with Gasteiger partial charge in [0.25, 0.3) is 0 Å². The molecule has 4 aliphatic rings. The number of aliphatic hydroxyl groups excluding tert-OH is 1. The Bertz CT molecular complexity index is 1470. The largest absolute Gasteiger partial charge is 0.443 e. The number of aryl methyl sites for hydroxylation is 2. The summed E-state index contributed by atoms with van der Waals surface area (Å²) in [6.07, 6.45) is 3.48. The molecule has 8 heteroatoms. The van der Waals surface area contributed by atoms with Crippen LogP contribution in [0.5, 0.6) is 0 Å². The van der Waals surface area contributed by atoms with Gasteiger partial charge in [0.1, 0.15) is 23.0 Å². The third-order valence-corrected chi connectivity index (χ3v) is 9.15. The number of hydrogen-bond acceptors (Lipinski definition) is 7. The summed E-state index contributed by atoms with van der Waals surface area (Å²) in [5.74, 6) is 2.00. The molecule has 4 aliphatic carbocycles. The number of ketones is 1. The predicted molar refractivity (Wildman–Crippen MR) is 135 cm³/mol. The van der Waals surface area contributed by atoms with Crippen LogP contribution in [-0.4, -0.2) is 37.3 Å². The van der Waals surface area contributed by atoms with E-state index < -0.39 is 23.7 Å². The van der Waals surface area contributed by atoms with Crippen LogP contribution in [0.15, 0.2) is 16.7 Å². The van der Waals surface area contributed by atoms with Gasteiger partial charge in [-0.05, 0) is 96.3 Å². The van der Waals surface area contributed by atoms with Crippen LogP contribution in [0.1, 0.15) is 87.7 Å². The van der Waals surface area contributed by atoms with Gasteiger partial charge in [-0.2, -0.15) is 0 Å². The zero-order valence-corrected chi connectivity index (χ0v) is 22.0. The van der Waals surface area contributed by atoms with Gasteiger partial charge in [0, 0.05) is 22.5 Å². The summed E-state index contributed by atoms with van der Waals surface area (Å²) in [5, 5.41) is 15.9. The highest BCUT2D eigenvalue weighted by Crippen LogP contribution is 2.77. The molecule has 2 heterocycles. The number of aliphatic hydroxyl groups is 1. The highest BCUT2D eigenvalue weighted by Gasteiger charge is 2.78. The molecule has 194 valence electrons. The van der Waals surface area contributed by atoms with Gasteiger partial charge < -0.3 is 14.4 Å². The van der Waals surface area contributed by atoms with Crippen LogP contribution < -0.4 is 0 Å². The maximum atomic E-state index is 13.5. The fraction of sp³-hybridized carbons (Fsp3) is 0.586. The van der Waals surface area contributed by atoms with E-state index in [1.807, 2.05) is 46.8 Å². The molecule has 4 saturated carbocycles. The summed E-state index contributed by atoms with van der Waals surface area (Å²) in [5.41, 5.74) is 3.22. The van der Waals surface area contributed by atoms with E-state index in [4.69, 9.17) is 14.2 Å². The van der Waals surface area contributed by atoms with E-state index in [-0.39, 0.29) is 23.0 Å². The summed E-state index contributed by atoms with van der Waals surface area (Å²) in [4.78, 5) is 31.8. The zero-order chi connectivity index (χ0) is 26.0. The Kier molecular flexibility index (Phi) is 4.57. The number of hydrogen-bond donors (Lipinski definition) is 1. The maximum Gasteiger partial charge on any atom is 0.420 e. The fourth-order valence-electron chi connectivity index (χ4n) is 7.34. The second-order valence-electron chi connectivity index (χ2n) is 12.7. The van der Waals surface area contributed by atoms with E-state index in [0.717, 1.165) is 48.9 Å². The van der Waals surface area contributed by atoms with Gasteiger partial charge in [0.15, 0.2) is 0 Å². The van der Waals surface area contributed by atoms with E-state index in [0.29, 0.717) is 34.1 Å². The van der Waals surface area contributed by atoms with E-state index in [1.54, 1.807) is 4.57 Å². The van der Waals surface area contributed by atoms with Crippen LogP contribution in [0.4, 0.5) is 4.79 Å². The van der Waals surface area contributed by atoms with Crippen molar-refractivity contribution >= 4 is 22.9 Å². The molecule has 3 aromatic rings. The van der Waals surface area contributed by atoms with Gasteiger partial charge in [-0.15, -0.1) is 0 Å². The monoisotopic (exact) mass is 503 g/mol. The molecular weight excluding hydrogens is 470 g/mol. The van der Waals surface area contributed by atoms with Crippen molar-refractivity contribution in [3.8, 4) is 11.1 Å². The molecular formula is C29H33N3O5. The lowest BCUT2D eigenvalue weighted by atomic mass is 9.58. The summed E-state index contributed by atoms with van der Waals surface area (Å²) >= 11 is 0. The Morgan fingerprint density at radius 1 is 1.22 bits per heavy atom. The summed E-state index contributed by atoms with van der Waals surface area (Å²) < 4.78 is 12.8. The Labute approximate surface area is 215 Å². The minimum atomic E-state index is -0.987. The fourth-order valence-corrected chi connectivity index (χ4v) is 7.34. The Morgan fingerprint density at radius 3 is 2.59 bits per heavy atom. The first-order valence-corrected chi connectivity index (χ1v) is 13.5. The van der Waals surface area contributed by atoms with Crippen molar-refractivity contribution in [2.24, 2.45) is 23.2 Å². The van der Waals surface area contributed by atoms with Crippen LogP contribution >= 0.6 is 0 Å². The van der Waals surface area contributed by atoms with Crippen LogP contribution in [0, 0.1) is 37.0 Å². The number of benzene rings is 1. The highest BCUT2D eigenvalue weighted by atomic mass is 16.6. The van der Waals surface area contributed by atoms with Crippen molar-refractivity contribution in [2.45, 2.75) is 84.3 Å². The lowest BCUT2D eigenvalue weighted by Gasteiger charge is -2.44. The number of carbonyl (C=O) groups is 2. The van der Waals surface area contributed by atoms with Crippen molar-refractivity contribution < 1.29 is 24.0 Å². The Morgan fingerprint density at radius 2 is 1.97 bits per heavy atom. The molecule has 1 spiro atoms. The van der Waals surface area contributed by atoms with Crippen molar-refractivity contribution in [1.29, 1.82) is 0 Å². The van der Waals surface area contributed by atoms with Gasteiger partial charge in [0.05, 0.1) is 28.7 Å². The molecule has 0 bridgehead atoms. The molecule has 5 atom stereocenters. The number of aromatic nitrogens is 3. The molecule has 37 heavy (non-hydrogen) atoms. The number of carbonyl (C=O) groups excluding carboxylic acids is 2. The average Bonchev–Trinajstić information content (AvgIpc) is 3.71. The quantitative estimate of drug-likeness (QED) is 0.492. The molecule has 7 rings (SSSR count). The summed E-state index contributed by atoms with van der Waals surface area (Å²) in [6, 6.07) is 3.83. The number of fused-ring (bicyclic) bond motifs is 1. The lowest BCUT2D eigenvalue weighted by molar-refractivity contribution is -0.153. The molecule has 1 aromatic carbocycles. The average molecular weight is 504 g/mol. The van der Waals surface area contributed by atoms with E-state index in [1.165, 1.54) is 0 Å². The Hall–Kier alpha value is -3.00. The molecule has 5 unspecified atom stereocenters. The third-order valence-electron chi connectivity index (χ3n) is 9.15. The van der Waals surface area contributed by atoms with Crippen molar-refractivity contribution in [2.75, 3.05) is 0 Å². The third kappa shape index (κ3) is 3.17. The molecule has 2 aromatic heterocycles. The highest BCUT2D eigenvalue weighted by molar-refractivity contribution is 5.99. The van der Waals surface area contributed by atoms with E-state index in [9.17, 15) is 14.7 Å². The molecule has 1 N–H and O–H groups in total. The number of ether oxygens (including phenoxy) is 1. The van der Waals surface area contributed by atoms with Gasteiger partial charge in [-0.25, -0.2) is 14.3 Å². The first-order valence-electron chi connectivity index (χ1n) is 13.5. The Balaban J connectivity index is 1.43. The first kappa shape index (κ1) is 23.1. The van der Waals surface area contributed by atoms with Crippen molar-refractivity contribution in [1.82, 2.24) is 14.7 Å². The minimum Gasteiger partial charge on any atom is -0.443 e. The van der Waals surface area contributed by atoms with Crippen LogP contribution in [-0.2, 0) is 9.53 Å². The number of rotatable bonds is 4. The first-order chi connectivity index (χ1) is 17.5. The maximum absolute atomic E-state index is 13.5.